The molecule has 0 aliphatic rings. The van der Waals surface area contributed by atoms with Crippen molar-refractivity contribution < 1.29 is 18.6 Å². The first-order valence-electron chi connectivity index (χ1n) is 11.5. The highest BCUT2D eigenvalue weighted by atomic mass is 32.2. The van der Waals surface area contributed by atoms with E-state index < -0.39 is 0 Å². The molecule has 0 bridgehead atoms. The second-order valence-electron chi connectivity index (χ2n) is 8.13. The first-order valence-corrected chi connectivity index (χ1v) is 13.5. The summed E-state index contributed by atoms with van der Waals surface area (Å²) in [5, 5.41) is 4.49. The summed E-state index contributed by atoms with van der Waals surface area (Å²) in [6, 6.07) is 21.5. The molecule has 0 saturated heterocycles. The zero-order valence-electron chi connectivity index (χ0n) is 20.1. The van der Waals surface area contributed by atoms with Crippen molar-refractivity contribution in [1.29, 1.82) is 0 Å². The smallest absolute Gasteiger partial charge is 0.248 e. The monoisotopic (exact) mass is 530 g/mol. The molecule has 0 atom stereocenters. The minimum Gasteiger partial charge on any atom is -0.496 e. The predicted octanol–water partition coefficient (Wildman–Crippen LogP) is 6.49. The maximum atomic E-state index is 6.19. The largest absolute Gasteiger partial charge is 0.496 e. The Morgan fingerprint density at radius 3 is 2.57 bits per heavy atom. The van der Waals surface area contributed by atoms with Gasteiger partial charge in [0.15, 0.2) is 21.2 Å². The number of methoxy groups -OCH3 is 1. The lowest BCUT2D eigenvalue weighted by molar-refractivity contribution is 0.296. The molecule has 10 heteroatoms. The van der Waals surface area contributed by atoms with E-state index in [1.54, 1.807) is 29.5 Å². The van der Waals surface area contributed by atoms with E-state index >= 15 is 0 Å². The number of hydrogen-bond donors (Lipinski definition) is 0. The Balaban J connectivity index is 1.23. The number of nitrogens with zero attached hydrogens (tertiary/aromatic N) is 4. The van der Waals surface area contributed by atoms with Crippen LogP contribution in [0.5, 0.6) is 17.2 Å². The van der Waals surface area contributed by atoms with Gasteiger partial charge in [-0.2, -0.15) is 0 Å². The lowest BCUT2D eigenvalue weighted by Gasteiger charge is -2.10. The van der Waals surface area contributed by atoms with Gasteiger partial charge in [-0.15, -0.1) is 5.10 Å². The highest BCUT2D eigenvalue weighted by molar-refractivity contribution is 8.00. The number of ether oxygens (including phenoxy) is 3. The van der Waals surface area contributed by atoms with E-state index in [4.69, 9.17) is 23.6 Å². The van der Waals surface area contributed by atoms with Crippen molar-refractivity contribution in [1.82, 2.24) is 19.6 Å². The van der Waals surface area contributed by atoms with Crippen LogP contribution in [0.4, 0.5) is 0 Å². The minimum absolute atomic E-state index is 0.328. The lowest BCUT2D eigenvalue weighted by atomic mass is 10.2. The van der Waals surface area contributed by atoms with E-state index in [9.17, 15) is 0 Å². The van der Waals surface area contributed by atoms with Crippen molar-refractivity contribution in [2.45, 2.75) is 17.6 Å². The molecular weight excluding hydrogens is 508 g/mol. The average Bonchev–Trinajstić information content (AvgIpc) is 3.64. The molecule has 37 heavy (non-hydrogen) atoms. The Bertz CT molecular complexity index is 1640. The van der Waals surface area contributed by atoms with Crippen LogP contribution in [-0.2, 0) is 13.2 Å². The van der Waals surface area contributed by atoms with Crippen molar-refractivity contribution in [3.05, 3.63) is 84.1 Å². The van der Waals surface area contributed by atoms with Gasteiger partial charge in [-0.05, 0) is 29.5 Å². The van der Waals surface area contributed by atoms with Crippen molar-refractivity contribution in [3.8, 4) is 28.8 Å². The number of imidazole rings is 1. The van der Waals surface area contributed by atoms with Crippen LogP contribution in [0, 0.1) is 0 Å². The third kappa shape index (κ3) is 4.98. The molecule has 0 unspecified atom stereocenters. The van der Waals surface area contributed by atoms with E-state index in [-0.39, 0.29) is 0 Å². The average molecular weight is 531 g/mol. The molecule has 3 heterocycles. The van der Waals surface area contributed by atoms with Crippen LogP contribution in [0.2, 0.25) is 0 Å². The molecule has 0 radical (unpaired) electrons. The van der Waals surface area contributed by atoms with Crippen molar-refractivity contribution in [2.24, 2.45) is 0 Å². The fourth-order valence-corrected chi connectivity index (χ4v) is 5.15. The van der Waals surface area contributed by atoms with Gasteiger partial charge >= 0.3 is 0 Å². The summed E-state index contributed by atoms with van der Waals surface area (Å²) in [5.41, 5.74) is 3.84. The molecule has 3 aromatic heterocycles. The first-order chi connectivity index (χ1) is 18.2. The number of oxazole rings is 1. The lowest BCUT2D eigenvalue weighted by Crippen LogP contribution is -1.99. The van der Waals surface area contributed by atoms with Crippen LogP contribution in [0.15, 0.2) is 81.7 Å². The summed E-state index contributed by atoms with van der Waals surface area (Å²) in [5.74, 6) is 2.35. The molecule has 0 N–H and O–H groups in total. The Morgan fingerprint density at radius 1 is 0.919 bits per heavy atom. The SMILES string of the molecule is COc1cc(OCc2cccc(OCc3ccccc3)c2)c2nc(-c3cn4nc(SC)sc4n3)oc2c1. The number of fused-ring (bicyclic) bond motifs is 2. The number of aromatic nitrogens is 4. The first kappa shape index (κ1) is 23.4. The van der Waals surface area contributed by atoms with E-state index in [0.717, 1.165) is 26.2 Å². The highest BCUT2D eigenvalue weighted by Gasteiger charge is 2.18. The van der Waals surface area contributed by atoms with E-state index in [2.05, 4.69) is 10.1 Å². The maximum Gasteiger partial charge on any atom is 0.248 e. The van der Waals surface area contributed by atoms with Crippen LogP contribution in [0.3, 0.4) is 0 Å². The quantitative estimate of drug-likeness (QED) is 0.196. The second kappa shape index (κ2) is 10.2. The summed E-state index contributed by atoms with van der Waals surface area (Å²) in [6.45, 7) is 0.831. The van der Waals surface area contributed by atoms with E-state index in [1.807, 2.05) is 73.1 Å². The van der Waals surface area contributed by atoms with Gasteiger partial charge in [-0.25, -0.2) is 14.5 Å². The highest BCUT2D eigenvalue weighted by Crippen LogP contribution is 2.35. The molecular formula is C27H22N4O4S2. The summed E-state index contributed by atoms with van der Waals surface area (Å²) in [7, 11) is 1.61. The zero-order chi connectivity index (χ0) is 25.2. The molecule has 6 aromatic rings. The molecule has 0 amide bonds. The van der Waals surface area contributed by atoms with Gasteiger partial charge in [0.05, 0.1) is 13.3 Å². The van der Waals surface area contributed by atoms with E-state index in [1.165, 1.54) is 11.3 Å². The van der Waals surface area contributed by atoms with Gasteiger partial charge < -0.3 is 18.6 Å². The summed E-state index contributed by atoms with van der Waals surface area (Å²) in [6.07, 6.45) is 3.80. The Labute approximate surface area is 220 Å². The van der Waals surface area contributed by atoms with Crippen LogP contribution in [-0.4, -0.2) is 32.9 Å². The van der Waals surface area contributed by atoms with Gasteiger partial charge in [-0.3, -0.25) is 0 Å². The topological polar surface area (TPSA) is 83.9 Å². The molecule has 0 aliphatic heterocycles. The van der Waals surface area contributed by atoms with Crippen molar-refractivity contribution in [2.75, 3.05) is 13.4 Å². The zero-order valence-corrected chi connectivity index (χ0v) is 21.7. The van der Waals surface area contributed by atoms with Crippen molar-refractivity contribution in [3.63, 3.8) is 0 Å². The van der Waals surface area contributed by atoms with Crippen LogP contribution < -0.4 is 14.2 Å². The molecule has 0 aliphatic carbocycles. The summed E-state index contributed by atoms with van der Waals surface area (Å²) < 4.78 is 26.3. The number of thioether (sulfide) groups is 1. The Hall–Kier alpha value is -4.02. The van der Waals surface area contributed by atoms with Gasteiger partial charge in [0.1, 0.15) is 30.4 Å². The molecule has 186 valence electrons. The molecule has 0 fully saturated rings. The molecule has 0 spiro atoms. The third-order valence-electron chi connectivity index (χ3n) is 5.63. The molecule has 3 aromatic carbocycles. The predicted molar refractivity (Wildman–Crippen MR) is 144 cm³/mol. The van der Waals surface area contributed by atoms with Gasteiger partial charge in [0.2, 0.25) is 10.9 Å². The molecule has 8 nitrogen and oxygen atoms in total. The summed E-state index contributed by atoms with van der Waals surface area (Å²) >= 11 is 3.10. The second-order valence-corrected chi connectivity index (χ2v) is 10.1. The van der Waals surface area contributed by atoms with Crippen LogP contribution in [0.1, 0.15) is 11.1 Å². The standard InChI is InChI=1S/C27H22N4O4S2/c1-32-20-12-22(34-16-18-9-6-10-19(11-18)33-15-17-7-4-3-5-8-17)24-23(13-20)35-25(29-24)21-14-31-26(28-21)37-27(30-31)36-2/h3-14H,15-16H2,1-2H3. The van der Waals surface area contributed by atoms with Gasteiger partial charge in [0.25, 0.3) is 0 Å². The number of rotatable bonds is 9. The Morgan fingerprint density at radius 2 is 1.76 bits per heavy atom. The van der Waals surface area contributed by atoms with Gasteiger partial charge in [-0.1, -0.05) is 65.6 Å². The Kier molecular flexibility index (Phi) is 6.42. The number of hydrogen-bond acceptors (Lipinski definition) is 9. The number of benzene rings is 3. The fraction of sp³-hybridized carbons (Fsp3) is 0.148. The normalized spacial score (nSPS) is 11.3. The van der Waals surface area contributed by atoms with Crippen LogP contribution in [0.25, 0.3) is 27.6 Å². The fourth-order valence-electron chi connectivity index (χ4n) is 3.81. The van der Waals surface area contributed by atoms with E-state index in [0.29, 0.717) is 47.4 Å². The third-order valence-corrected chi connectivity index (χ3v) is 7.53. The molecule has 6 rings (SSSR count). The van der Waals surface area contributed by atoms with Gasteiger partial charge in [0, 0.05) is 12.1 Å². The van der Waals surface area contributed by atoms with Crippen LogP contribution >= 0.6 is 23.1 Å². The maximum absolute atomic E-state index is 6.19. The van der Waals surface area contributed by atoms with Crippen molar-refractivity contribution >= 4 is 39.2 Å². The molecule has 0 saturated carbocycles. The summed E-state index contributed by atoms with van der Waals surface area (Å²) in [4.78, 5) is 10.1. The minimum atomic E-state index is 0.328.